The summed E-state index contributed by atoms with van der Waals surface area (Å²) in [5, 5.41) is 15.9. The lowest BCUT2D eigenvalue weighted by molar-refractivity contribution is -0.384. The number of methoxy groups -OCH3 is 1. The second kappa shape index (κ2) is 9.40. The largest absolute Gasteiger partial charge is 0.496 e. The van der Waals surface area contributed by atoms with Crippen molar-refractivity contribution < 1.29 is 24.0 Å². The van der Waals surface area contributed by atoms with Gasteiger partial charge in [0.1, 0.15) is 11.4 Å². The van der Waals surface area contributed by atoms with Gasteiger partial charge in [0, 0.05) is 6.42 Å². The van der Waals surface area contributed by atoms with Gasteiger partial charge >= 0.3 is 5.97 Å². The predicted molar refractivity (Wildman–Crippen MR) is 89.9 cm³/mol. The predicted octanol–water partition coefficient (Wildman–Crippen LogP) is 1.76. The van der Waals surface area contributed by atoms with Crippen LogP contribution in [0, 0.1) is 10.1 Å². The summed E-state index contributed by atoms with van der Waals surface area (Å²) in [7, 11) is 1.39. The molecule has 10 heteroatoms. The zero-order chi connectivity index (χ0) is 18.1. The van der Waals surface area contributed by atoms with E-state index in [0.29, 0.717) is 5.75 Å². The Bertz CT molecular complexity index is 649. The minimum atomic E-state index is -0.601. The number of rotatable bonds is 7. The maximum atomic E-state index is 11.7. The van der Waals surface area contributed by atoms with Crippen LogP contribution < -0.4 is 15.4 Å². The minimum absolute atomic E-state index is 0.0784. The van der Waals surface area contributed by atoms with Crippen LogP contribution in [0.4, 0.5) is 11.4 Å². The first-order chi connectivity index (χ1) is 11.4. The number of carbonyl (C=O) groups is 2. The summed E-state index contributed by atoms with van der Waals surface area (Å²) < 4.78 is 9.63. The van der Waals surface area contributed by atoms with Crippen LogP contribution in [0.2, 0.25) is 0 Å². The summed E-state index contributed by atoms with van der Waals surface area (Å²) in [5.41, 5.74) is -0.144. The summed E-state index contributed by atoms with van der Waals surface area (Å²) >= 11 is 4.94. The van der Waals surface area contributed by atoms with Crippen LogP contribution in [0.15, 0.2) is 18.2 Å². The van der Waals surface area contributed by atoms with Crippen LogP contribution >= 0.6 is 12.2 Å². The molecule has 2 N–H and O–H groups in total. The normalized spacial score (nSPS) is 9.75. The lowest BCUT2D eigenvalue weighted by Crippen LogP contribution is -2.34. The van der Waals surface area contributed by atoms with E-state index < -0.39 is 16.8 Å². The Labute approximate surface area is 143 Å². The van der Waals surface area contributed by atoms with Gasteiger partial charge in [-0.2, -0.15) is 0 Å². The van der Waals surface area contributed by atoms with Crippen molar-refractivity contribution in [1.29, 1.82) is 0 Å². The number of carbonyl (C=O) groups excluding carboxylic acids is 2. The number of nitro groups is 1. The van der Waals surface area contributed by atoms with E-state index in [4.69, 9.17) is 21.7 Å². The molecule has 0 heterocycles. The van der Waals surface area contributed by atoms with Gasteiger partial charge in [-0.1, -0.05) is 0 Å². The molecule has 1 aromatic rings. The Morgan fingerprint density at radius 1 is 1.33 bits per heavy atom. The second-order valence-corrected chi connectivity index (χ2v) is 4.86. The Hall–Kier alpha value is -2.75. The molecule has 9 nitrogen and oxygen atoms in total. The summed E-state index contributed by atoms with van der Waals surface area (Å²) in [6.45, 7) is 1.90. The second-order valence-electron chi connectivity index (χ2n) is 4.45. The maximum Gasteiger partial charge on any atom is 0.306 e. The molecule has 0 aromatic heterocycles. The fraction of sp³-hybridized carbons (Fsp3) is 0.357. The number of ether oxygens (including phenoxy) is 2. The lowest BCUT2D eigenvalue weighted by Gasteiger charge is -2.10. The zero-order valence-corrected chi connectivity index (χ0v) is 14.0. The molecule has 0 radical (unpaired) electrons. The number of hydrogen-bond acceptors (Lipinski definition) is 7. The molecular weight excluding hydrogens is 338 g/mol. The van der Waals surface area contributed by atoms with Gasteiger partial charge in [0.15, 0.2) is 5.11 Å². The first-order valence-corrected chi connectivity index (χ1v) is 7.37. The lowest BCUT2D eigenvalue weighted by atomic mass is 10.2. The third-order valence-electron chi connectivity index (χ3n) is 2.76. The number of esters is 1. The molecule has 0 spiro atoms. The Morgan fingerprint density at radius 3 is 2.62 bits per heavy atom. The van der Waals surface area contributed by atoms with Crippen molar-refractivity contribution in [3.63, 3.8) is 0 Å². The summed E-state index contributed by atoms with van der Waals surface area (Å²) in [5.74, 6) is -0.675. The topological polar surface area (TPSA) is 120 Å². The van der Waals surface area contributed by atoms with Crippen molar-refractivity contribution in [1.82, 2.24) is 5.32 Å². The maximum absolute atomic E-state index is 11.7. The van der Waals surface area contributed by atoms with Gasteiger partial charge in [-0.05, 0) is 31.3 Å². The number of amides is 1. The quantitative estimate of drug-likeness (QED) is 0.329. The fourth-order valence-electron chi connectivity index (χ4n) is 1.69. The molecule has 1 amide bonds. The van der Waals surface area contributed by atoms with Gasteiger partial charge in [0.25, 0.3) is 5.69 Å². The van der Waals surface area contributed by atoms with E-state index in [1.807, 2.05) is 0 Å². The molecule has 0 fully saturated rings. The highest BCUT2D eigenvalue weighted by Gasteiger charge is 2.17. The van der Waals surface area contributed by atoms with Crippen LogP contribution in [-0.2, 0) is 14.3 Å². The van der Waals surface area contributed by atoms with Crippen LogP contribution in [0.1, 0.15) is 19.8 Å². The number of nitrogens with zero attached hydrogens (tertiary/aromatic N) is 1. The van der Waals surface area contributed by atoms with Crippen molar-refractivity contribution >= 4 is 40.6 Å². The van der Waals surface area contributed by atoms with Crippen molar-refractivity contribution in [3.05, 3.63) is 28.3 Å². The molecule has 0 bridgehead atoms. The molecule has 0 saturated carbocycles. The first-order valence-electron chi connectivity index (χ1n) is 6.96. The van der Waals surface area contributed by atoms with Gasteiger partial charge in [-0.15, -0.1) is 0 Å². The fourth-order valence-corrected chi connectivity index (χ4v) is 1.91. The minimum Gasteiger partial charge on any atom is -0.496 e. The van der Waals surface area contributed by atoms with E-state index in [1.54, 1.807) is 6.92 Å². The molecule has 0 aliphatic rings. The third kappa shape index (κ3) is 6.16. The van der Waals surface area contributed by atoms with Crippen LogP contribution in [0.3, 0.4) is 0 Å². The van der Waals surface area contributed by atoms with Crippen LogP contribution in [-0.4, -0.2) is 35.6 Å². The molecular formula is C14H17N3O6S. The Kier molecular flexibility index (Phi) is 7.56. The number of benzene rings is 1. The van der Waals surface area contributed by atoms with Gasteiger partial charge in [0.2, 0.25) is 5.91 Å². The Balaban J connectivity index is 2.63. The molecule has 1 aromatic carbocycles. The van der Waals surface area contributed by atoms with Gasteiger partial charge in [-0.3, -0.25) is 19.7 Å². The number of nitrogens with one attached hydrogen (secondary N) is 2. The summed E-state index contributed by atoms with van der Waals surface area (Å²) in [6, 6.07) is 4.15. The van der Waals surface area contributed by atoms with E-state index in [-0.39, 0.29) is 35.9 Å². The average Bonchev–Trinajstić information content (AvgIpc) is 2.53. The summed E-state index contributed by atoms with van der Waals surface area (Å²) in [6.07, 6.45) is -0.184. The Morgan fingerprint density at radius 2 is 2.04 bits per heavy atom. The first kappa shape index (κ1) is 19.3. The van der Waals surface area contributed by atoms with E-state index in [1.165, 1.54) is 25.3 Å². The van der Waals surface area contributed by atoms with Crippen LogP contribution in [0.25, 0.3) is 0 Å². The molecule has 130 valence electrons. The average molecular weight is 355 g/mol. The standard InChI is InChI=1S/C14H17N3O6S/c1-3-23-13(19)7-6-12(18)16-14(24)15-10-5-4-9(22-2)8-11(10)17(20)21/h4-5,8H,3,6-7H2,1-2H3,(H2,15,16,18,24). The number of thiocarbonyl (C=S) groups is 1. The molecule has 1 rings (SSSR count). The zero-order valence-electron chi connectivity index (χ0n) is 13.2. The van der Waals surface area contributed by atoms with E-state index >= 15 is 0 Å². The smallest absolute Gasteiger partial charge is 0.306 e. The summed E-state index contributed by atoms with van der Waals surface area (Å²) in [4.78, 5) is 33.3. The van der Waals surface area contributed by atoms with Gasteiger partial charge in [0.05, 0.1) is 31.1 Å². The molecule has 0 aliphatic heterocycles. The highest BCUT2D eigenvalue weighted by molar-refractivity contribution is 7.80. The highest BCUT2D eigenvalue weighted by atomic mass is 32.1. The van der Waals surface area contributed by atoms with E-state index in [0.717, 1.165) is 0 Å². The number of hydrogen-bond donors (Lipinski definition) is 2. The van der Waals surface area contributed by atoms with Crippen molar-refractivity contribution in [2.75, 3.05) is 19.0 Å². The molecule has 0 aliphatic carbocycles. The van der Waals surface area contributed by atoms with Crippen LogP contribution in [0.5, 0.6) is 5.75 Å². The van der Waals surface area contributed by atoms with E-state index in [2.05, 4.69) is 10.6 Å². The monoisotopic (exact) mass is 355 g/mol. The van der Waals surface area contributed by atoms with Gasteiger partial charge < -0.3 is 20.1 Å². The molecule has 0 unspecified atom stereocenters. The van der Waals surface area contributed by atoms with Crippen molar-refractivity contribution in [2.45, 2.75) is 19.8 Å². The highest BCUT2D eigenvalue weighted by Crippen LogP contribution is 2.28. The molecule has 0 saturated heterocycles. The number of anilines is 1. The number of nitro benzene ring substituents is 1. The molecule has 24 heavy (non-hydrogen) atoms. The van der Waals surface area contributed by atoms with Crippen molar-refractivity contribution in [3.8, 4) is 5.75 Å². The molecule has 0 atom stereocenters. The SMILES string of the molecule is CCOC(=O)CCC(=O)NC(=S)Nc1ccc(OC)cc1[N+](=O)[O-]. The van der Waals surface area contributed by atoms with E-state index in [9.17, 15) is 19.7 Å². The van der Waals surface area contributed by atoms with Crippen molar-refractivity contribution in [2.24, 2.45) is 0 Å². The third-order valence-corrected chi connectivity index (χ3v) is 2.97. The van der Waals surface area contributed by atoms with Gasteiger partial charge in [-0.25, -0.2) is 0 Å².